The van der Waals surface area contributed by atoms with Crippen molar-refractivity contribution in [1.29, 1.82) is 0 Å². The van der Waals surface area contributed by atoms with E-state index in [9.17, 15) is 14.4 Å². The summed E-state index contributed by atoms with van der Waals surface area (Å²) >= 11 is 0. The number of carbonyl (C=O) groups excluding carboxylic acids is 3. The van der Waals surface area contributed by atoms with Crippen molar-refractivity contribution >= 4 is 17.7 Å². The van der Waals surface area contributed by atoms with Crippen molar-refractivity contribution in [2.45, 2.75) is 31.6 Å². The minimum atomic E-state index is -0.290. The Hall–Kier alpha value is -2.95. The Kier molecular flexibility index (Phi) is 5.74. The van der Waals surface area contributed by atoms with Crippen molar-refractivity contribution in [2.24, 2.45) is 11.8 Å². The molecule has 0 radical (unpaired) electrons. The van der Waals surface area contributed by atoms with Gasteiger partial charge in [0.1, 0.15) is 6.54 Å². The SMILES string of the molecule is O=C(CN1C(=O)C2CCCCC2C1=O)NCC(c1ccccc1)c1ccccc1. The van der Waals surface area contributed by atoms with Crippen molar-refractivity contribution in [2.75, 3.05) is 13.1 Å². The summed E-state index contributed by atoms with van der Waals surface area (Å²) in [4.78, 5) is 39.0. The summed E-state index contributed by atoms with van der Waals surface area (Å²) in [7, 11) is 0. The first-order valence-electron chi connectivity index (χ1n) is 10.4. The van der Waals surface area contributed by atoms with Gasteiger partial charge in [-0.1, -0.05) is 73.5 Å². The van der Waals surface area contributed by atoms with Gasteiger partial charge < -0.3 is 5.32 Å². The molecule has 1 saturated heterocycles. The maximum atomic E-state index is 12.6. The van der Waals surface area contributed by atoms with Crippen molar-refractivity contribution < 1.29 is 14.4 Å². The number of hydrogen-bond acceptors (Lipinski definition) is 3. The Bertz CT molecular complexity index is 818. The van der Waals surface area contributed by atoms with E-state index in [-0.39, 0.29) is 42.0 Å². The molecule has 4 rings (SSSR count). The van der Waals surface area contributed by atoms with Crippen LogP contribution in [0.15, 0.2) is 60.7 Å². The fourth-order valence-electron chi connectivity index (χ4n) is 4.60. The maximum absolute atomic E-state index is 12.6. The highest BCUT2D eigenvalue weighted by molar-refractivity contribution is 6.07. The van der Waals surface area contributed by atoms with Gasteiger partial charge in [0.05, 0.1) is 11.8 Å². The Balaban J connectivity index is 1.42. The average Bonchev–Trinajstić information content (AvgIpc) is 3.00. The highest BCUT2D eigenvalue weighted by atomic mass is 16.2. The topological polar surface area (TPSA) is 66.5 Å². The lowest BCUT2D eigenvalue weighted by atomic mass is 9.81. The molecule has 3 amide bonds. The monoisotopic (exact) mass is 390 g/mol. The normalized spacial score (nSPS) is 21.3. The molecule has 0 bridgehead atoms. The smallest absolute Gasteiger partial charge is 0.240 e. The first kappa shape index (κ1) is 19.4. The molecule has 5 nitrogen and oxygen atoms in total. The molecule has 2 aliphatic rings. The van der Waals surface area contributed by atoms with Crippen LogP contribution in [0.25, 0.3) is 0 Å². The molecule has 1 N–H and O–H groups in total. The lowest BCUT2D eigenvalue weighted by molar-refractivity contribution is -0.143. The molecule has 1 aliphatic carbocycles. The van der Waals surface area contributed by atoms with Crippen molar-refractivity contribution in [3.8, 4) is 0 Å². The molecular formula is C24H26N2O3. The van der Waals surface area contributed by atoms with E-state index in [1.165, 1.54) is 4.90 Å². The van der Waals surface area contributed by atoms with E-state index in [1.54, 1.807) is 0 Å². The minimum absolute atomic E-state index is 0.00825. The van der Waals surface area contributed by atoms with Gasteiger partial charge in [-0.3, -0.25) is 19.3 Å². The van der Waals surface area contributed by atoms with E-state index in [0.717, 1.165) is 36.8 Å². The van der Waals surface area contributed by atoms with E-state index in [2.05, 4.69) is 5.32 Å². The van der Waals surface area contributed by atoms with E-state index in [4.69, 9.17) is 0 Å². The van der Waals surface area contributed by atoms with E-state index in [1.807, 2.05) is 60.7 Å². The number of carbonyl (C=O) groups is 3. The molecule has 1 heterocycles. The van der Waals surface area contributed by atoms with E-state index < -0.39 is 0 Å². The van der Waals surface area contributed by atoms with Crippen LogP contribution in [0.2, 0.25) is 0 Å². The van der Waals surface area contributed by atoms with Crippen molar-refractivity contribution in [3.05, 3.63) is 71.8 Å². The van der Waals surface area contributed by atoms with Gasteiger partial charge in [0, 0.05) is 12.5 Å². The summed E-state index contributed by atoms with van der Waals surface area (Å²) < 4.78 is 0. The summed E-state index contributed by atoms with van der Waals surface area (Å²) in [6, 6.07) is 20.0. The third-order valence-corrected chi connectivity index (χ3v) is 6.14. The van der Waals surface area contributed by atoms with Gasteiger partial charge in [-0.05, 0) is 24.0 Å². The largest absolute Gasteiger partial charge is 0.354 e. The third-order valence-electron chi connectivity index (χ3n) is 6.14. The van der Waals surface area contributed by atoms with E-state index >= 15 is 0 Å². The summed E-state index contributed by atoms with van der Waals surface area (Å²) in [5.41, 5.74) is 2.22. The fourth-order valence-corrected chi connectivity index (χ4v) is 4.60. The second-order valence-corrected chi connectivity index (χ2v) is 7.94. The second kappa shape index (κ2) is 8.60. The molecule has 0 spiro atoms. The number of amides is 3. The number of fused-ring (bicyclic) bond motifs is 1. The second-order valence-electron chi connectivity index (χ2n) is 7.94. The van der Waals surface area contributed by atoms with Crippen molar-refractivity contribution in [3.63, 3.8) is 0 Å². The Morgan fingerprint density at radius 2 is 1.34 bits per heavy atom. The van der Waals surface area contributed by atoms with Gasteiger partial charge in [-0.2, -0.15) is 0 Å². The van der Waals surface area contributed by atoms with Crippen LogP contribution < -0.4 is 5.32 Å². The molecule has 2 aromatic rings. The Labute approximate surface area is 171 Å². The van der Waals surface area contributed by atoms with Gasteiger partial charge in [0.25, 0.3) is 0 Å². The van der Waals surface area contributed by atoms with Crippen LogP contribution in [-0.4, -0.2) is 35.7 Å². The molecule has 1 saturated carbocycles. The van der Waals surface area contributed by atoms with Crippen LogP contribution in [-0.2, 0) is 14.4 Å². The molecule has 2 unspecified atom stereocenters. The number of hydrogen-bond donors (Lipinski definition) is 1. The summed E-state index contributed by atoms with van der Waals surface area (Å²) in [5.74, 6) is -1.05. The molecule has 150 valence electrons. The quantitative estimate of drug-likeness (QED) is 0.771. The summed E-state index contributed by atoms with van der Waals surface area (Å²) in [6.45, 7) is 0.233. The highest BCUT2D eigenvalue weighted by Gasteiger charge is 2.48. The standard InChI is InChI=1S/C24H26N2O3/c27-22(16-26-23(28)19-13-7-8-14-20(19)24(26)29)25-15-21(17-9-3-1-4-10-17)18-11-5-2-6-12-18/h1-6,9-12,19-21H,7-8,13-16H2,(H,25,27). The van der Waals surface area contributed by atoms with Crippen LogP contribution in [0.1, 0.15) is 42.7 Å². The van der Waals surface area contributed by atoms with Gasteiger partial charge in [0.15, 0.2) is 0 Å². The number of rotatable bonds is 6. The Morgan fingerprint density at radius 3 is 1.83 bits per heavy atom. The van der Waals surface area contributed by atoms with Gasteiger partial charge >= 0.3 is 0 Å². The number of imide groups is 1. The van der Waals surface area contributed by atoms with Crippen molar-refractivity contribution in [1.82, 2.24) is 10.2 Å². The number of nitrogens with one attached hydrogen (secondary N) is 1. The molecule has 2 fully saturated rings. The number of benzene rings is 2. The van der Waals surface area contributed by atoms with Gasteiger partial charge in [-0.25, -0.2) is 0 Å². The average molecular weight is 390 g/mol. The maximum Gasteiger partial charge on any atom is 0.240 e. The van der Waals surface area contributed by atoms with Crippen LogP contribution in [0.4, 0.5) is 0 Å². The molecule has 1 aliphatic heterocycles. The predicted molar refractivity (Wildman–Crippen MR) is 110 cm³/mol. The van der Waals surface area contributed by atoms with Crippen LogP contribution >= 0.6 is 0 Å². The van der Waals surface area contributed by atoms with Crippen LogP contribution in [0.5, 0.6) is 0 Å². The molecule has 0 aromatic heterocycles. The minimum Gasteiger partial charge on any atom is -0.354 e. The molecule has 2 atom stereocenters. The number of nitrogens with zero attached hydrogens (tertiary/aromatic N) is 1. The first-order chi connectivity index (χ1) is 14.1. The zero-order chi connectivity index (χ0) is 20.2. The van der Waals surface area contributed by atoms with Crippen LogP contribution in [0, 0.1) is 11.8 Å². The summed E-state index contributed by atoms with van der Waals surface area (Å²) in [5, 5.41) is 2.94. The van der Waals surface area contributed by atoms with Gasteiger partial charge in [-0.15, -0.1) is 0 Å². The fraction of sp³-hybridized carbons (Fsp3) is 0.375. The van der Waals surface area contributed by atoms with Gasteiger partial charge in [0.2, 0.25) is 17.7 Å². The molecule has 29 heavy (non-hydrogen) atoms. The molecular weight excluding hydrogens is 364 g/mol. The highest BCUT2D eigenvalue weighted by Crippen LogP contribution is 2.37. The molecule has 5 heteroatoms. The Morgan fingerprint density at radius 1 is 0.862 bits per heavy atom. The van der Waals surface area contributed by atoms with Crippen LogP contribution in [0.3, 0.4) is 0 Å². The number of likely N-dealkylation sites (tertiary alicyclic amines) is 1. The first-order valence-corrected chi connectivity index (χ1v) is 10.4. The zero-order valence-corrected chi connectivity index (χ0v) is 16.4. The van der Waals surface area contributed by atoms with E-state index in [0.29, 0.717) is 6.54 Å². The lowest BCUT2D eigenvalue weighted by Gasteiger charge is -2.20. The summed E-state index contributed by atoms with van der Waals surface area (Å²) in [6.07, 6.45) is 3.49. The third kappa shape index (κ3) is 4.09. The zero-order valence-electron chi connectivity index (χ0n) is 16.4. The molecule has 2 aromatic carbocycles. The predicted octanol–water partition coefficient (Wildman–Crippen LogP) is 3.11. The lowest BCUT2D eigenvalue weighted by Crippen LogP contribution is -2.42.